The number of aromatic hydroxyl groups is 1. The lowest BCUT2D eigenvalue weighted by atomic mass is 10.0. The molecule has 2 nitrogen and oxygen atoms in total. The molecular weight excluding hydrogens is 162 g/mol. The summed E-state index contributed by atoms with van der Waals surface area (Å²) in [4.78, 5) is 0. The largest absolute Gasteiger partial charge is 0.508 e. The van der Waals surface area contributed by atoms with Crippen molar-refractivity contribution in [2.75, 3.05) is 0 Å². The van der Waals surface area contributed by atoms with Crippen LogP contribution in [0.2, 0.25) is 0 Å². The molecule has 2 heteroatoms. The SMILES string of the molecule is CC(N)C1=CCc2c(O)cccc21. The van der Waals surface area contributed by atoms with Crippen molar-refractivity contribution < 1.29 is 5.11 Å². The fourth-order valence-corrected chi connectivity index (χ4v) is 1.81. The van der Waals surface area contributed by atoms with E-state index in [-0.39, 0.29) is 6.04 Å². The van der Waals surface area contributed by atoms with Gasteiger partial charge in [0.1, 0.15) is 5.75 Å². The molecule has 1 aliphatic rings. The Bertz CT molecular complexity index is 366. The van der Waals surface area contributed by atoms with Crippen LogP contribution in [0, 0.1) is 0 Å². The molecule has 3 N–H and O–H groups in total. The van der Waals surface area contributed by atoms with Crippen LogP contribution in [-0.2, 0) is 6.42 Å². The van der Waals surface area contributed by atoms with Gasteiger partial charge in [0, 0.05) is 11.6 Å². The van der Waals surface area contributed by atoms with Gasteiger partial charge < -0.3 is 10.8 Å². The summed E-state index contributed by atoms with van der Waals surface area (Å²) < 4.78 is 0. The molecule has 13 heavy (non-hydrogen) atoms. The molecule has 0 aliphatic heterocycles. The lowest BCUT2D eigenvalue weighted by Gasteiger charge is -2.09. The highest BCUT2D eigenvalue weighted by Gasteiger charge is 2.18. The third kappa shape index (κ3) is 1.23. The van der Waals surface area contributed by atoms with E-state index in [2.05, 4.69) is 6.08 Å². The summed E-state index contributed by atoms with van der Waals surface area (Å²) in [7, 11) is 0. The van der Waals surface area contributed by atoms with Crippen LogP contribution in [-0.4, -0.2) is 11.1 Å². The third-order valence-corrected chi connectivity index (χ3v) is 2.48. The molecule has 2 rings (SSSR count). The van der Waals surface area contributed by atoms with Crippen LogP contribution in [0.3, 0.4) is 0 Å². The first-order valence-electron chi connectivity index (χ1n) is 4.47. The predicted octanol–water partition coefficient (Wildman–Crippen LogP) is 1.68. The van der Waals surface area contributed by atoms with E-state index in [0.29, 0.717) is 5.75 Å². The second-order valence-electron chi connectivity index (χ2n) is 3.46. The van der Waals surface area contributed by atoms with Crippen LogP contribution in [0.4, 0.5) is 0 Å². The fraction of sp³-hybridized carbons (Fsp3) is 0.273. The summed E-state index contributed by atoms with van der Waals surface area (Å²) in [5.74, 6) is 0.379. The summed E-state index contributed by atoms with van der Waals surface area (Å²) in [6.45, 7) is 1.96. The van der Waals surface area contributed by atoms with Gasteiger partial charge in [0.2, 0.25) is 0 Å². The molecule has 1 aromatic carbocycles. The van der Waals surface area contributed by atoms with Crippen LogP contribution in [0.15, 0.2) is 24.3 Å². The van der Waals surface area contributed by atoms with E-state index in [1.54, 1.807) is 6.07 Å². The quantitative estimate of drug-likeness (QED) is 0.682. The van der Waals surface area contributed by atoms with Crippen molar-refractivity contribution in [3.8, 4) is 5.75 Å². The van der Waals surface area contributed by atoms with Crippen LogP contribution >= 0.6 is 0 Å². The summed E-state index contributed by atoms with van der Waals surface area (Å²) in [6, 6.07) is 5.63. The number of phenolic OH excluding ortho intramolecular Hbond substituents is 1. The molecule has 1 aliphatic carbocycles. The molecule has 0 fully saturated rings. The molecule has 1 unspecified atom stereocenters. The second-order valence-corrected chi connectivity index (χ2v) is 3.46. The zero-order chi connectivity index (χ0) is 9.42. The zero-order valence-corrected chi connectivity index (χ0v) is 7.62. The van der Waals surface area contributed by atoms with E-state index in [1.165, 1.54) is 0 Å². The van der Waals surface area contributed by atoms with E-state index < -0.39 is 0 Å². The molecule has 1 aromatic rings. The lowest BCUT2D eigenvalue weighted by Crippen LogP contribution is -2.15. The van der Waals surface area contributed by atoms with Gasteiger partial charge in [-0.05, 0) is 30.5 Å². The Morgan fingerprint density at radius 2 is 2.23 bits per heavy atom. The molecule has 0 aromatic heterocycles. The average molecular weight is 175 g/mol. The van der Waals surface area contributed by atoms with Crippen LogP contribution < -0.4 is 5.73 Å². The molecular formula is C11H13NO. The number of hydrogen-bond acceptors (Lipinski definition) is 2. The van der Waals surface area contributed by atoms with Crippen molar-refractivity contribution in [1.29, 1.82) is 0 Å². The van der Waals surface area contributed by atoms with Crippen molar-refractivity contribution in [2.24, 2.45) is 5.73 Å². The second kappa shape index (κ2) is 2.89. The van der Waals surface area contributed by atoms with Crippen molar-refractivity contribution in [1.82, 2.24) is 0 Å². The Morgan fingerprint density at radius 3 is 2.92 bits per heavy atom. The smallest absolute Gasteiger partial charge is 0.119 e. The minimum Gasteiger partial charge on any atom is -0.508 e. The van der Waals surface area contributed by atoms with Gasteiger partial charge in [-0.3, -0.25) is 0 Å². The Hall–Kier alpha value is -1.28. The van der Waals surface area contributed by atoms with Crippen molar-refractivity contribution in [2.45, 2.75) is 19.4 Å². The van der Waals surface area contributed by atoms with Gasteiger partial charge in [0.25, 0.3) is 0 Å². The summed E-state index contributed by atoms with van der Waals surface area (Å²) in [5.41, 5.74) is 9.07. The maximum atomic E-state index is 9.56. The average Bonchev–Trinajstić information content (AvgIpc) is 2.48. The maximum absolute atomic E-state index is 9.56. The molecule has 0 saturated heterocycles. The van der Waals surface area contributed by atoms with Gasteiger partial charge in [0.15, 0.2) is 0 Å². The highest BCUT2D eigenvalue weighted by molar-refractivity contribution is 5.77. The van der Waals surface area contributed by atoms with E-state index in [4.69, 9.17) is 5.73 Å². The number of hydrogen-bond donors (Lipinski definition) is 2. The van der Waals surface area contributed by atoms with E-state index >= 15 is 0 Å². The Labute approximate surface area is 77.7 Å². The molecule has 1 atom stereocenters. The van der Waals surface area contributed by atoms with Gasteiger partial charge in [-0.1, -0.05) is 18.2 Å². The van der Waals surface area contributed by atoms with Crippen molar-refractivity contribution in [3.05, 3.63) is 35.4 Å². The first-order chi connectivity index (χ1) is 6.20. The molecule has 68 valence electrons. The van der Waals surface area contributed by atoms with Crippen molar-refractivity contribution in [3.63, 3.8) is 0 Å². The van der Waals surface area contributed by atoms with Gasteiger partial charge in [-0.25, -0.2) is 0 Å². The van der Waals surface area contributed by atoms with Crippen LogP contribution in [0.5, 0.6) is 5.75 Å². The highest BCUT2D eigenvalue weighted by Crippen LogP contribution is 2.34. The Balaban J connectivity index is 2.50. The number of nitrogens with two attached hydrogens (primary N) is 1. The minimum absolute atomic E-state index is 0.0445. The first-order valence-corrected chi connectivity index (χ1v) is 4.47. The van der Waals surface area contributed by atoms with Crippen LogP contribution in [0.25, 0.3) is 5.57 Å². The maximum Gasteiger partial charge on any atom is 0.119 e. The number of rotatable bonds is 1. The Morgan fingerprint density at radius 1 is 1.46 bits per heavy atom. The Kier molecular flexibility index (Phi) is 1.85. The fourth-order valence-electron chi connectivity index (χ4n) is 1.81. The van der Waals surface area contributed by atoms with Gasteiger partial charge in [-0.2, -0.15) is 0 Å². The highest BCUT2D eigenvalue weighted by atomic mass is 16.3. The standard InChI is InChI=1S/C11H13NO/c1-7(12)8-5-6-10-9(8)3-2-4-11(10)13/h2-5,7,13H,6,12H2,1H3. The number of benzene rings is 1. The lowest BCUT2D eigenvalue weighted by molar-refractivity contribution is 0.470. The molecule has 0 amide bonds. The zero-order valence-electron chi connectivity index (χ0n) is 7.62. The van der Waals surface area contributed by atoms with Crippen LogP contribution in [0.1, 0.15) is 18.1 Å². The molecule has 0 heterocycles. The molecule has 0 bridgehead atoms. The minimum atomic E-state index is 0.0445. The molecule has 0 spiro atoms. The topological polar surface area (TPSA) is 46.2 Å². The van der Waals surface area contributed by atoms with Gasteiger partial charge >= 0.3 is 0 Å². The van der Waals surface area contributed by atoms with E-state index in [0.717, 1.165) is 23.1 Å². The van der Waals surface area contributed by atoms with Crippen molar-refractivity contribution >= 4 is 5.57 Å². The normalized spacial score (nSPS) is 16.6. The predicted molar refractivity (Wildman–Crippen MR) is 53.4 cm³/mol. The summed E-state index contributed by atoms with van der Waals surface area (Å²) >= 11 is 0. The molecule has 0 radical (unpaired) electrons. The van der Waals surface area contributed by atoms with Gasteiger partial charge in [0.05, 0.1) is 0 Å². The third-order valence-electron chi connectivity index (χ3n) is 2.48. The summed E-state index contributed by atoms with van der Waals surface area (Å²) in [6.07, 6.45) is 2.90. The number of fused-ring (bicyclic) bond motifs is 1. The molecule has 0 saturated carbocycles. The number of phenols is 1. The van der Waals surface area contributed by atoms with E-state index in [9.17, 15) is 5.11 Å². The monoisotopic (exact) mass is 175 g/mol. The van der Waals surface area contributed by atoms with Gasteiger partial charge in [-0.15, -0.1) is 0 Å². The number of allylic oxidation sites excluding steroid dienone is 1. The first kappa shape index (κ1) is 8.32. The van der Waals surface area contributed by atoms with E-state index in [1.807, 2.05) is 19.1 Å². The summed E-state index contributed by atoms with van der Waals surface area (Å²) in [5, 5.41) is 9.56.